The van der Waals surface area contributed by atoms with Crippen molar-refractivity contribution in [2.45, 2.75) is 96.9 Å². The summed E-state index contributed by atoms with van der Waals surface area (Å²) >= 11 is 0. The molecule has 0 bridgehead atoms. The monoisotopic (exact) mass is 922 g/mol. The van der Waals surface area contributed by atoms with Crippen LogP contribution in [0.2, 0.25) is 0 Å². The van der Waals surface area contributed by atoms with Gasteiger partial charge in [0.2, 0.25) is 0 Å². The lowest BCUT2D eigenvalue weighted by atomic mass is 10.0. The second kappa shape index (κ2) is 24.2. The van der Waals surface area contributed by atoms with E-state index in [9.17, 15) is 0 Å². The SMILES string of the molecule is Cc1cc(C)cc(C)c1.Cc1cc(C)cc(Nc2cc(C)c(C)cc2C)c1.Cc1cc(C)cc(Nc2cc(C)c(C)cc2Nc2cc(C)cc(C)c2)c1.Pc1ccc(-c2ccc(P)cc2)cc1. The molecule has 2 unspecified atom stereocenters. The van der Waals surface area contributed by atoms with Gasteiger partial charge in [-0.2, -0.15) is 0 Å². The number of anilines is 6. The fraction of sp³-hybridized carbons (Fsp3) is 0.226. The average Bonchev–Trinajstić information content (AvgIpc) is 3.22. The maximum atomic E-state index is 3.61. The quantitative estimate of drug-likeness (QED) is 0.139. The molecule has 0 spiro atoms. The molecule has 346 valence electrons. The normalized spacial score (nSPS) is 10.4. The lowest BCUT2D eigenvalue weighted by Gasteiger charge is -2.18. The topological polar surface area (TPSA) is 36.1 Å². The van der Waals surface area contributed by atoms with Crippen LogP contribution in [0, 0.1) is 96.9 Å². The highest BCUT2D eigenvalue weighted by molar-refractivity contribution is 7.27. The number of rotatable bonds is 7. The summed E-state index contributed by atoms with van der Waals surface area (Å²) in [5.74, 6) is 0. The van der Waals surface area contributed by atoms with E-state index in [-0.39, 0.29) is 0 Å². The van der Waals surface area contributed by atoms with Gasteiger partial charge in [-0.15, -0.1) is 18.5 Å². The van der Waals surface area contributed by atoms with Gasteiger partial charge in [-0.1, -0.05) is 108 Å². The first-order chi connectivity index (χ1) is 31.7. The van der Waals surface area contributed by atoms with Crippen LogP contribution < -0.4 is 26.6 Å². The average molecular weight is 922 g/mol. The van der Waals surface area contributed by atoms with E-state index in [1.54, 1.807) is 0 Å². The molecule has 0 radical (unpaired) electrons. The van der Waals surface area contributed by atoms with Crippen LogP contribution in [-0.2, 0) is 0 Å². The van der Waals surface area contributed by atoms with Crippen LogP contribution in [-0.4, -0.2) is 0 Å². The Balaban J connectivity index is 0.000000179. The Kier molecular flexibility index (Phi) is 18.8. The van der Waals surface area contributed by atoms with Crippen molar-refractivity contribution in [3.8, 4) is 11.1 Å². The summed E-state index contributed by atoms with van der Waals surface area (Å²) in [5, 5.41) is 13.2. The van der Waals surface area contributed by atoms with E-state index in [1.165, 1.54) is 111 Å². The van der Waals surface area contributed by atoms with Crippen molar-refractivity contribution in [3.63, 3.8) is 0 Å². The minimum Gasteiger partial charge on any atom is -0.355 e. The van der Waals surface area contributed by atoms with E-state index >= 15 is 0 Å². The molecule has 0 aliphatic heterocycles. The van der Waals surface area contributed by atoms with Gasteiger partial charge in [0.25, 0.3) is 0 Å². The Hall–Kier alpha value is -5.98. The molecule has 3 N–H and O–H groups in total. The maximum absolute atomic E-state index is 3.61. The first-order valence-corrected chi connectivity index (χ1v) is 24.4. The van der Waals surface area contributed by atoms with E-state index in [2.05, 4.69) is 277 Å². The molecule has 0 fully saturated rings. The van der Waals surface area contributed by atoms with Gasteiger partial charge in [-0.3, -0.25) is 0 Å². The van der Waals surface area contributed by atoms with Crippen molar-refractivity contribution >= 4 is 63.2 Å². The van der Waals surface area contributed by atoms with Crippen LogP contribution in [0.1, 0.15) is 77.9 Å². The highest BCUT2D eigenvalue weighted by atomic mass is 31.0. The van der Waals surface area contributed by atoms with Gasteiger partial charge in [0.1, 0.15) is 0 Å². The summed E-state index contributed by atoms with van der Waals surface area (Å²) < 4.78 is 0. The van der Waals surface area contributed by atoms with E-state index < -0.39 is 0 Å². The maximum Gasteiger partial charge on any atom is 0.0626 e. The van der Waals surface area contributed by atoms with Crippen LogP contribution in [0.3, 0.4) is 0 Å². The third-order valence-corrected chi connectivity index (χ3v) is 12.3. The summed E-state index contributed by atoms with van der Waals surface area (Å²) in [6.45, 7) is 29.9. The second-order valence-electron chi connectivity index (χ2n) is 18.6. The molecule has 8 aromatic rings. The Morgan fingerprint density at radius 1 is 0.239 bits per heavy atom. The number of nitrogens with one attached hydrogen (secondary N) is 3. The molecule has 5 heteroatoms. The zero-order valence-electron chi connectivity index (χ0n) is 42.5. The Morgan fingerprint density at radius 3 is 0.746 bits per heavy atom. The lowest BCUT2D eigenvalue weighted by Crippen LogP contribution is -2.00. The van der Waals surface area contributed by atoms with Gasteiger partial charge in [0.15, 0.2) is 0 Å². The third kappa shape index (κ3) is 16.7. The lowest BCUT2D eigenvalue weighted by molar-refractivity contribution is 1.29. The Morgan fingerprint density at radius 2 is 0.463 bits per heavy atom. The van der Waals surface area contributed by atoms with Crippen LogP contribution in [0.4, 0.5) is 34.1 Å². The summed E-state index contributed by atoms with van der Waals surface area (Å²) in [4.78, 5) is 0. The van der Waals surface area contributed by atoms with E-state index in [4.69, 9.17) is 0 Å². The highest BCUT2D eigenvalue weighted by Gasteiger charge is 2.09. The molecule has 0 amide bonds. The molecule has 8 rings (SSSR count). The predicted octanol–water partition coefficient (Wildman–Crippen LogP) is 17.0. The zero-order chi connectivity index (χ0) is 48.9. The molecular weight excluding hydrogens is 849 g/mol. The van der Waals surface area contributed by atoms with Gasteiger partial charge in [-0.25, -0.2) is 0 Å². The fourth-order valence-corrected chi connectivity index (χ4v) is 8.66. The third-order valence-electron chi connectivity index (χ3n) is 11.5. The molecule has 0 aromatic heterocycles. The van der Waals surface area contributed by atoms with Crippen molar-refractivity contribution in [2.24, 2.45) is 0 Å². The van der Waals surface area contributed by atoms with Gasteiger partial charge in [0.05, 0.1) is 11.4 Å². The largest absolute Gasteiger partial charge is 0.355 e. The van der Waals surface area contributed by atoms with Crippen molar-refractivity contribution < 1.29 is 0 Å². The molecule has 8 aromatic carbocycles. The minimum absolute atomic E-state index is 1.09. The van der Waals surface area contributed by atoms with Gasteiger partial charge < -0.3 is 16.0 Å². The number of aryl methyl sites for hydroxylation is 14. The number of benzene rings is 8. The Labute approximate surface area is 408 Å². The molecule has 0 heterocycles. The standard InChI is InChI=1S/C24H28N2.C17H21N.C12H12P2.C9H12/c1-15-7-16(2)10-21(9-15)25-23-13-19(5)20(6)14-24(23)26-22-11-17(3)8-18(4)12-22;1-11-6-12(2)8-16(7-11)18-17-10-14(4)13(3)9-15(17)5;13-11-5-1-9(2-6-11)10-3-7-12(14)8-4-10;1-7-4-8(2)6-9(3)5-7/h7-14,25-26H,1-6H3;6-10,18H,1-5H3;1-8H,13-14H2;4-6H,1-3H3. The molecule has 67 heavy (non-hydrogen) atoms. The van der Waals surface area contributed by atoms with Crippen LogP contribution >= 0.6 is 18.5 Å². The first-order valence-electron chi connectivity index (χ1n) is 23.2. The van der Waals surface area contributed by atoms with Crippen LogP contribution in [0.5, 0.6) is 0 Å². The van der Waals surface area contributed by atoms with Gasteiger partial charge >= 0.3 is 0 Å². The van der Waals surface area contributed by atoms with Crippen molar-refractivity contribution in [1.82, 2.24) is 0 Å². The fourth-order valence-electron chi connectivity index (χ4n) is 8.28. The van der Waals surface area contributed by atoms with Gasteiger partial charge in [-0.05, 0) is 234 Å². The smallest absolute Gasteiger partial charge is 0.0626 e. The van der Waals surface area contributed by atoms with E-state index in [0.29, 0.717) is 0 Å². The van der Waals surface area contributed by atoms with Crippen LogP contribution in [0.15, 0.2) is 146 Å². The van der Waals surface area contributed by atoms with E-state index in [1.807, 2.05) is 0 Å². The van der Waals surface area contributed by atoms with E-state index in [0.717, 1.165) is 22.7 Å². The predicted molar refractivity (Wildman–Crippen MR) is 305 cm³/mol. The molecule has 0 saturated heterocycles. The highest BCUT2D eigenvalue weighted by Crippen LogP contribution is 2.33. The van der Waals surface area contributed by atoms with Crippen molar-refractivity contribution in [1.29, 1.82) is 0 Å². The summed E-state index contributed by atoms with van der Waals surface area (Å²) in [6.07, 6.45) is 0. The number of hydrogen-bond donors (Lipinski definition) is 3. The molecule has 0 aliphatic carbocycles. The number of hydrogen-bond acceptors (Lipinski definition) is 3. The molecule has 0 aliphatic rings. The van der Waals surface area contributed by atoms with Crippen molar-refractivity contribution in [3.05, 3.63) is 223 Å². The van der Waals surface area contributed by atoms with Gasteiger partial charge in [0, 0.05) is 22.7 Å². The molecule has 0 saturated carbocycles. The minimum atomic E-state index is 1.09. The Bertz CT molecular complexity index is 2700. The first kappa shape index (κ1) is 52.0. The zero-order valence-corrected chi connectivity index (χ0v) is 44.8. The molecular formula is C62H73N3P2. The van der Waals surface area contributed by atoms with Crippen molar-refractivity contribution in [2.75, 3.05) is 16.0 Å². The second-order valence-corrected chi connectivity index (χ2v) is 20.0. The molecule has 2 atom stereocenters. The summed E-state index contributed by atoms with van der Waals surface area (Å²) in [7, 11) is 5.39. The molecule has 3 nitrogen and oxygen atoms in total. The van der Waals surface area contributed by atoms with Crippen LogP contribution in [0.25, 0.3) is 11.1 Å². The summed E-state index contributed by atoms with van der Waals surface area (Å²) in [6, 6.07) is 52.1. The summed E-state index contributed by atoms with van der Waals surface area (Å²) in [5.41, 5.74) is 27.5.